The molecule has 0 bridgehead atoms. The third-order valence-electron chi connectivity index (χ3n) is 10.7. The number of rotatable bonds is 58. The summed E-state index contributed by atoms with van der Waals surface area (Å²) in [6, 6.07) is 0. The third kappa shape index (κ3) is 45.9. The summed E-state index contributed by atoms with van der Waals surface area (Å²) in [6.45, 7) is 16.7. The molecule has 1 amide bonds. The largest absolute Gasteiger partial charge is 0.481 e. The topological polar surface area (TPSA) is 205 Å². The van der Waals surface area contributed by atoms with Crippen molar-refractivity contribution in [1.82, 2.24) is 5.32 Å². The van der Waals surface area contributed by atoms with E-state index in [2.05, 4.69) is 18.8 Å². The zero-order valence-electron chi connectivity index (χ0n) is 41.8. The van der Waals surface area contributed by atoms with Gasteiger partial charge in [-0.15, -0.1) is 6.58 Å². The number of hydrogen-bond donors (Lipinski definition) is 3. The molecule has 0 spiro atoms. The van der Waals surface area contributed by atoms with Crippen molar-refractivity contribution in [3.8, 4) is 0 Å². The second kappa shape index (κ2) is 53.1. The maximum atomic E-state index is 13.5. The number of aliphatic carboxylic acids is 2. The van der Waals surface area contributed by atoms with E-state index >= 15 is 0 Å². The number of allylic oxidation sites excluding steroid dienone is 1. The lowest BCUT2D eigenvalue weighted by Crippen LogP contribution is -2.47. The second-order valence-electron chi connectivity index (χ2n) is 16.4. The summed E-state index contributed by atoms with van der Waals surface area (Å²) in [6.07, 6.45) is 19.2. The molecule has 0 aromatic carbocycles. The van der Waals surface area contributed by atoms with Crippen LogP contribution in [0, 0.1) is 5.41 Å². The van der Waals surface area contributed by atoms with E-state index in [0.717, 1.165) is 90.1 Å². The van der Waals surface area contributed by atoms with E-state index in [1.807, 2.05) is 6.08 Å². The number of carboxylic acids is 2. The van der Waals surface area contributed by atoms with Crippen LogP contribution in [0.4, 0.5) is 0 Å². The van der Waals surface area contributed by atoms with Crippen LogP contribution in [0.5, 0.6) is 0 Å². The van der Waals surface area contributed by atoms with Crippen molar-refractivity contribution in [3.63, 3.8) is 0 Å². The van der Waals surface area contributed by atoms with Crippen LogP contribution in [0.25, 0.3) is 0 Å². The lowest BCUT2D eigenvalue weighted by molar-refractivity contribution is -0.157. The number of amides is 1. The van der Waals surface area contributed by atoms with Crippen molar-refractivity contribution in [1.29, 1.82) is 0 Å². The highest BCUT2D eigenvalue weighted by Gasteiger charge is 2.44. The minimum Gasteiger partial charge on any atom is -0.481 e. The van der Waals surface area contributed by atoms with Crippen LogP contribution in [0.3, 0.4) is 0 Å². The van der Waals surface area contributed by atoms with Crippen molar-refractivity contribution >= 4 is 17.8 Å². The van der Waals surface area contributed by atoms with Crippen LogP contribution in [0.15, 0.2) is 12.7 Å². The summed E-state index contributed by atoms with van der Waals surface area (Å²) >= 11 is 0. The molecule has 0 radical (unpaired) electrons. The van der Waals surface area contributed by atoms with Gasteiger partial charge in [0.05, 0.1) is 139 Å². The number of carbonyl (C=O) groups excluding carboxylic acids is 1. The summed E-state index contributed by atoms with van der Waals surface area (Å²) < 4.78 is 60.5. The number of hydrogen-bond acceptors (Lipinski definition) is 14. The Hall–Kier alpha value is -2.29. The van der Waals surface area contributed by atoms with E-state index in [9.17, 15) is 19.5 Å². The van der Waals surface area contributed by atoms with Gasteiger partial charge in [-0.05, 0) is 38.5 Å². The Balaban J connectivity index is 3.88. The highest BCUT2D eigenvalue weighted by atomic mass is 16.6. The Labute approximate surface area is 404 Å². The molecule has 396 valence electrons. The average molecular weight is 966 g/mol. The molecule has 0 heterocycles. The normalized spacial score (nSPS) is 12.4. The van der Waals surface area contributed by atoms with Gasteiger partial charge in [-0.25, -0.2) is 0 Å². The molecule has 1 atom stereocenters. The van der Waals surface area contributed by atoms with Gasteiger partial charge in [0.25, 0.3) is 0 Å². The molecule has 17 nitrogen and oxygen atoms in total. The van der Waals surface area contributed by atoms with Gasteiger partial charge in [0.2, 0.25) is 5.91 Å². The molecule has 1 unspecified atom stereocenters. The number of carbonyl (C=O) groups is 3. The first-order chi connectivity index (χ1) is 32.9. The molecule has 67 heavy (non-hydrogen) atoms. The van der Waals surface area contributed by atoms with Crippen molar-refractivity contribution in [3.05, 3.63) is 12.7 Å². The molecule has 0 aliphatic heterocycles. The predicted octanol–water partition coefficient (Wildman–Crippen LogP) is 7.45. The predicted molar refractivity (Wildman–Crippen MR) is 258 cm³/mol. The van der Waals surface area contributed by atoms with Crippen LogP contribution in [-0.4, -0.2) is 180 Å². The fourth-order valence-corrected chi connectivity index (χ4v) is 6.88. The van der Waals surface area contributed by atoms with E-state index in [0.29, 0.717) is 164 Å². The van der Waals surface area contributed by atoms with Gasteiger partial charge >= 0.3 is 11.9 Å². The summed E-state index contributed by atoms with van der Waals surface area (Å²) in [5.74, 6) is -2.24. The van der Waals surface area contributed by atoms with Crippen LogP contribution in [-0.2, 0) is 66.5 Å². The molecular weight excluding hydrogens is 871 g/mol. The average Bonchev–Trinajstić information content (AvgIpc) is 3.31. The number of unbranched alkanes of at least 4 members (excludes halogenated alkanes) is 14. The molecular formula is C50H95NO16. The maximum Gasteiger partial charge on any atom is 0.319 e. The Bertz CT molecular complexity index is 1090. The molecule has 3 N–H and O–H groups in total. The van der Waals surface area contributed by atoms with Gasteiger partial charge in [0.15, 0.2) is 0 Å². The quantitative estimate of drug-likeness (QED) is 0.0308. The van der Waals surface area contributed by atoms with Gasteiger partial charge in [0.1, 0.15) is 5.41 Å². The number of carboxylic acid groups (broad SMARTS) is 2. The van der Waals surface area contributed by atoms with Crippen molar-refractivity contribution in [2.24, 2.45) is 5.41 Å². The first-order valence-corrected chi connectivity index (χ1v) is 25.6. The zero-order valence-corrected chi connectivity index (χ0v) is 41.8. The van der Waals surface area contributed by atoms with Crippen molar-refractivity contribution < 1.29 is 76.7 Å². The number of ether oxygens (including phenoxy) is 11. The van der Waals surface area contributed by atoms with Crippen molar-refractivity contribution in [2.75, 3.05) is 152 Å². The summed E-state index contributed by atoms with van der Waals surface area (Å²) in [5, 5.41) is 22.1. The van der Waals surface area contributed by atoms with Gasteiger partial charge in [-0.1, -0.05) is 96.5 Å². The zero-order chi connectivity index (χ0) is 48.8. The second-order valence-corrected chi connectivity index (χ2v) is 16.4. The van der Waals surface area contributed by atoms with E-state index in [-0.39, 0.29) is 19.6 Å². The molecule has 0 aliphatic rings. The van der Waals surface area contributed by atoms with E-state index in [4.69, 9.17) is 57.2 Å². The Morgan fingerprint density at radius 1 is 0.418 bits per heavy atom. The third-order valence-corrected chi connectivity index (χ3v) is 10.7. The molecule has 0 aromatic rings. The smallest absolute Gasteiger partial charge is 0.319 e. The standard InChI is InChI=1S/C50H95NO16/c1-3-5-6-7-8-10-13-16-19-22-50(49(55)56,23-20-17-14-11-9-12-15-18-21-47(52)53)48(54)51-24-26-58-28-30-60-32-34-62-36-38-64-40-42-66-44-46-67-45-43-65-41-39-63-37-35-61-33-31-59-29-27-57-25-4-2/h3H,1,4-46H2,2H3,(H,51,54)(H,52,53)(H,55,56). The Kier molecular flexibility index (Phi) is 51.3. The van der Waals surface area contributed by atoms with Crippen LogP contribution >= 0.6 is 0 Å². The highest BCUT2D eigenvalue weighted by Crippen LogP contribution is 2.33. The minimum atomic E-state index is -1.45. The lowest BCUT2D eigenvalue weighted by atomic mass is 9.76. The van der Waals surface area contributed by atoms with Gasteiger partial charge in [-0.3, -0.25) is 14.4 Å². The molecule has 0 aliphatic carbocycles. The summed E-state index contributed by atoms with van der Waals surface area (Å²) in [5.41, 5.74) is -1.45. The molecule has 17 heteroatoms. The Morgan fingerprint density at radius 2 is 0.701 bits per heavy atom. The van der Waals surface area contributed by atoms with Crippen LogP contribution in [0.2, 0.25) is 0 Å². The summed E-state index contributed by atoms with van der Waals surface area (Å²) in [4.78, 5) is 36.9. The van der Waals surface area contributed by atoms with Gasteiger partial charge in [-0.2, -0.15) is 0 Å². The lowest BCUT2D eigenvalue weighted by Gasteiger charge is -2.28. The van der Waals surface area contributed by atoms with E-state index < -0.39 is 23.3 Å². The fourth-order valence-electron chi connectivity index (χ4n) is 6.88. The molecule has 0 aromatic heterocycles. The van der Waals surface area contributed by atoms with Gasteiger partial charge in [0, 0.05) is 19.6 Å². The first-order valence-electron chi connectivity index (χ1n) is 25.6. The first kappa shape index (κ1) is 64.7. The molecule has 0 fully saturated rings. The number of nitrogens with one attached hydrogen (secondary N) is 1. The van der Waals surface area contributed by atoms with Gasteiger partial charge < -0.3 is 67.6 Å². The molecule has 0 saturated carbocycles. The fraction of sp³-hybridized carbons (Fsp3) is 0.900. The highest BCUT2D eigenvalue weighted by molar-refractivity contribution is 6.01. The maximum absolute atomic E-state index is 13.5. The molecule has 0 rings (SSSR count). The summed E-state index contributed by atoms with van der Waals surface area (Å²) in [7, 11) is 0. The van der Waals surface area contributed by atoms with E-state index in [1.54, 1.807) is 0 Å². The Morgan fingerprint density at radius 3 is 1.00 bits per heavy atom. The van der Waals surface area contributed by atoms with E-state index in [1.165, 1.54) is 6.42 Å². The van der Waals surface area contributed by atoms with Crippen LogP contribution < -0.4 is 5.32 Å². The monoisotopic (exact) mass is 966 g/mol. The van der Waals surface area contributed by atoms with Crippen molar-refractivity contribution in [2.45, 2.75) is 135 Å². The van der Waals surface area contributed by atoms with Crippen LogP contribution in [0.1, 0.15) is 135 Å². The minimum absolute atomic E-state index is 0.213. The SMILES string of the molecule is C=CCCCCCCCCCC(CCCCCCCCCCC(=O)O)(C(=O)O)C(=O)NCCOCCOCCOCCOCCOCCOCCOCCOCCOCCOCCOCCC. The molecule has 0 saturated heterocycles.